The molecule has 21 heavy (non-hydrogen) atoms. The molecular weight excluding hydrogens is 266 g/mol. The summed E-state index contributed by atoms with van der Waals surface area (Å²) in [5.74, 6) is 0.875. The minimum Gasteiger partial charge on any atom is -0.490 e. The zero-order chi connectivity index (χ0) is 15.5. The molecule has 1 saturated heterocycles. The van der Waals surface area contributed by atoms with Crippen molar-refractivity contribution >= 4 is 0 Å². The molecule has 0 bridgehead atoms. The first-order valence-corrected chi connectivity index (χ1v) is 7.66. The van der Waals surface area contributed by atoms with Crippen molar-refractivity contribution < 1.29 is 14.6 Å². The SMILES string of the molecule is Cc1cccc(C)c1OCC(O)CNC1(C)CCOC1C. The van der Waals surface area contributed by atoms with Gasteiger partial charge in [0.15, 0.2) is 0 Å². The predicted octanol–water partition coefficient (Wildman–Crippen LogP) is 2.20. The van der Waals surface area contributed by atoms with E-state index < -0.39 is 6.10 Å². The Morgan fingerprint density at radius 2 is 2.10 bits per heavy atom. The average molecular weight is 293 g/mol. The van der Waals surface area contributed by atoms with Crippen molar-refractivity contribution in [2.45, 2.75) is 51.9 Å². The van der Waals surface area contributed by atoms with Crippen molar-refractivity contribution in [2.75, 3.05) is 19.8 Å². The summed E-state index contributed by atoms with van der Waals surface area (Å²) in [5.41, 5.74) is 2.14. The number of nitrogens with one attached hydrogen (secondary N) is 1. The first kappa shape index (κ1) is 16.3. The molecule has 118 valence electrons. The summed E-state index contributed by atoms with van der Waals surface area (Å²) < 4.78 is 11.4. The van der Waals surface area contributed by atoms with Gasteiger partial charge in [0.1, 0.15) is 18.5 Å². The Balaban J connectivity index is 1.81. The van der Waals surface area contributed by atoms with Crippen molar-refractivity contribution in [3.05, 3.63) is 29.3 Å². The van der Waals surface area contributed by atoms with Crippen LogP contribution in [0.15, 0.2) is 18.2 Å². The van der Waals surface area contributed by atoms with Crippen molar-refractivity contribution in [3.8, 4) is 5.75 Å². The highest BCUT2D eigenvalue weighted by Gasteiger charge is 2.36. The lowest BCUT2D eigenvalue weighted by Gasteiger charge is -2.30. The summed E-state index contributed by atoms with van der Waals surface area (Å²) in [6.07, 6.45) is 0.608. The number of hydrogen-bond donors (Lipinski definition) is 2. The van der Waals surface area contributed by atoms with Crippen LogP contribution in [0.4, 0.5) is 0 Å². The summed E-state index contributed by atoms with van der Waals surface area (Å²) in [7, 11) is 0. The standard InChI is InChI=1S/C17H27NO3/c1-12-6-5-7-13(2)16(12)21-11-15(19)10-18-17(4)8-9-20-14(17)3/h5-7,14-15,18-19H,8-11H2,1-4H3. The second-order valence-corrected chi connectivity index (χ2v) is 6.25. The molecule has 3 atom stereocenters. The van der Waals surface area contributed by atoms with E-state index >= 15 is 0 Å². The van der Waals surface area contributed by atoms with E-state index in [2.05, 4.69) is 19.2 Å². The van der Waals surface area contributed by atoms with Crippen LogP contribution in [0.3, 0.4) is 0 Å². The first-order valence-electron chi connectivity index (χ1n) is 7.66. The largest absolute Gasteiger partial charge is 0.490 e. The molecule has 2 N–H and O–H groups in total. The fourth-order valence-corrected chi connectivity index (χ4v) is 2.68. The fourth-order valence-electron chi connectivity index (χ4n) is 2.68. The van der Waals surface area contributed by atoms with E-state index in [1.165, 1.54) is 0 Å². The second kappa shape index (κ2) is 6.77. The van der Waals surface area contributed by atoms with Crippen LogP contribution in [0.1, 0.15) is 31.4 Å². The lowest BCUT2D eigenvalue weighted by atomic mass is 9.94. The third-order valence-corrected chi connectivity index (χ3v) is 4.46. The van der Waals surface area contributed by atoms with Crippen LogP contribution in [0, 0.1) is 13.8 Å². The number of β-amino-alcohol motifs (C(OH)–C–C–N with tert-alkyl or cyclic N) is 1. The minimum atomic E-state index is -0.534. The summed E-state index contributed by atoms with van der Waals surface area (Å²) >= 11 is 0. The summed E-state index contributed by atoms with van der Waals surface area (Å²) in [5, 5.41) is 13.5. The van der Waals surface area contributed by atoms with Gasteiger partial charge in [0.05, 0.1) is 6.10 Å². The van der Waals surface area contributed by atoms with Crippen molar-refractivity contribution in [2.24, 2.45) is 0 Å². The van der Waals surface area contributed by atoms with Crippen LogP contribution < -0.4 is 10.1 Å². The molecule has 1 aromatic carbocycles. The minimum absolute atomic E-state index is 0.0560. The molecule has 1 aromatic rings. The number of rotatable bonds is 6. The van der Waals surface area contributed by atoms with Crippen LogP contribution in [-0.4, -0.2) is 42.6 Å². The maximum Gasteiger partial charge on any atom is 0.125 e. The number of ether oxygens (including phenoxy) is 2. The molecular formula is C17H27NO3. The van der Waals surface area contributed by atoms with E-state index in [1.807, 2.05) is 32.0 Å². The third-order valence-electron chi connectivity index (χ3n) is 4.46. The Morgan fingerprint density at radius 1 is 1.43 bits per heavy atom. The Kier molecular flexibility index (Phi) is 5.25. The van der Waals surface area contributed by atoms with Gasteiger partial charge < -0.3 is 19.9 Å². The Morgan fingerprint density at radius 3 is 2.67 bits per heavy atom. The number of benzene rings is 1. The average Bonchev–Trinajstić information content (AvgIpc) is 2.76. The topological polar surface area (TPSA) is 50.7 Å². The van der Waals surface area contributed by atoms with Crippen LogP contribution in [0.5, 0.6) is 5.75 Å². The van der Waals surface area contributed by atoms with Gasteiger partial charge in [-0.1, -0.05) is 18.2 Å². The second-order valence-electron chi connectivity index (χ2n) is 6.25. The van der Waals surface area contributed by atoms with Gasteiger partial charge in [-0.2, -0.15) is 0 Å². The van der Waals surface area contributed by atoms with Gasteiger partial charge in [-0.05, 0) is 45.2 Å². The molecule has 3 unspecified atom stereocenters. The lowest BCUT2D eigenvalue weighted by molar-refractivity contribution is 0.0684. The number of aliphatic hydroxyl groups excluding tert-OH is 1. The van der Waals surface area contributed by atoms with Gasteiger partial charge in [-0.3, -0.25) is 0 Å². The number of hydrogen-bond acceptors (Lipinski definition) is 4. The van der Waals surface area contributed by atoms with Crippen LogP contribution >= 0.6 is 0 Å². The van der Waals surface area contributed by atoms with Crippen LogP contribution in [0.2, 0.25) is 0 Å². The molecule has 0 spiro atoms. The normalized spacial score (nSPS) is 26.8. The first-order chi connectivity index (χ1) is 9.92. The van der Waals surface area contributed by atoms with Crippen molar-refractivity contribution in [1.82, 2.24) is 5.32 Å². The van der Waals surface area contributed by atoms with E-state index in [-0.39, 0.29) is 11.6 Å². The zero-order valence-corrected chi connectivity index (χ0v) is 13.5. The Hall–Kier alpha value is -1.10. The van der Waals surface area contributed by atoms with Gasteiger partial charge in [-0.15, -0.1) is 0 Å². The molecule has 1 aliphatic heterocycles. The molecule has 1 fully saturated rings. The van der Waals surface area contributed by atoms with Crippen molar-refractivity contribution in [3.63, 3.8) is 0 Å². The predicted molar refractivity (Wildman–Crippen MR) is 83.9 cm³/mol. The number of aliphatic hydroxyl groups is 1. The van der Waals surface area contributed by atoms with Gasteiger partial charge in [-0.25, -0.2) is 0 Å². The zero-order valence-electron chi connectivity index (χ0n) is 13.5. The highest BCUT2D eigenvalue weighted by atomic mass is 16.5. The van der Waals surface area contributed by atoms with Crippen LogP contribution in [0.25, 0.3) is 0 Å². The van der Waals surface area contributed by atoms with E-state index in [0.717, 1.165) is 29.9 Å². The summed E-state index contributed by atoms with van der Waals surface area (Å²) in [4.78, 5) is 0. The maximum atomic E-state index is 10.1. The van der Waals surface area contributed by atoms with Crippen LogP contribution in [-0.2, 0) is 4.74 Å². The smallest absolute Gasteiger partial charge is 0.125 e. The molecule has 1 heterocycles. The highest BCUT2D eigenvalue weighted by Crippen LogP contribution is 2.25. The van der Waals surface area contributed by atoms with E-state index in [4.69, 9.17) is 9.47 Å². The number of aryl methyl sites for hydroxylation is 2. The molecule has 1 aliphatic rings. The highest BCUT2D eigenvalue weighted by molar-refractivity contribution is 5.39. The van der Waals surface area contributed by atoms with E-state index in [9.17, 15) is 5.11 Å². The quantitative estimate of drug-likeness (QED) is 0.844. The molecule has 0 aliphatic carbocycles. The van der Waals surface area contributed by atoms with Gasteiger partial charge in [0.2, 0.25) is 0 Å². The fraction of sp³-hybridized carbons (Fsp3) is 0.647. The Labute approximate surface area is 127 Å². The van der Waals surface area contributed by atoms with Gasteiger partial charge in [0, 0.05) is 18.7 Å². The molecule has 4 heteroatoms. The lowest BCUT2D eigenvalue weighted by Crippen LogP contribution is -2.51. The third kappa shape index (κ3) is 3.96. The van der Waals surface area contributed by atoms with E-state index in [0.29, 0.717) is 13.2 Å². The molecule has 2 rings (SSSR count). The summed E-state index contributed by atoms with van der Waals surface area (Å²) in [6, 6.07) is 6.05. The van der Waals surface area contributed by atoms with E-state index in [1.54, 1.807) is 0 Å². The molecule has 0 aromatic heterocycles. The maximum absolute atomic E-state index is 10.1. The summed E-state index contributed by atoms with van der Waals surface area (Å²) in [6.45, 7) is 9.83. The van der Waals surface area contributed by atoms with Crippen molar-refractivity contribution in [1.29, 1.82) is 0 Å². The van der Waals surface area contributed by atoms with Gasteiger partial charge >= 0.3 is 0 Å². The molecule has 0 amide bonds. The monoisotopic (exact) mass is 293 g/mol. The number of para-hydroxylation sites is 1. The Bertz CT molecular complexity index is 457. The van der Waals surface area contributed by atoms with Gasteiger partial charge in [0.25, 0.3) is 0 Å². The molecule has 0 radical (unpaired) electrons. The molecule has 0 saturated carbocycles. The molecule has 4 nitrogen and oxygen atoms in total.